The van der Waals surface area contributed by atoms with Crippen molar-refractivity contribution in [3.8, 4) is 11.5 Å². The number of rotatable bonds is 5. The second-order valence-corrected chi connectivity index (χ2v) is 5.14. The highest BCUT2D eigenvalue weighted by Crippen LogP contribution is 2.21. The largest absolute Gasteiger partial charge is 0.462 e. The molecule has 0 saturated heterocycles. The third kappa shape index (κ3) is 3.66. The Labute approximate surface area is 134 Å². The zero-order chi connectivity index (χ0) is 16.1. The fourth-order valence-corrected chi connectivity index (χ4v) is 2.26. The first-order chi connectivity index (χ1) is 11.2. The van der Waals surface area contributed by atoms with Crippen LogP contribution in [0.15, 0.2) is 65.1 Å². The summed E-state index contributed by atoms with van der Waals surface area (Å²) in [4.78, 5) is 16.4. The molecule has 2 aromatic carbocycles. The molecule has 0 unspecified atom stereocenters. The van der Waals surface area contributed by atoms with Gasteiger partial charge in [-0.1, -0.05) is 36.4 Å². The molecule has 0 bridgehead atoms. The van der Waals surface area contributed by atoms with Crippen molar-refractivity contribution >= 4 is 5.97 Å². The Bertz CT molecular complexity index is 779. The van der Waals surface area contributed by atoms with E-state index in [2.05, 4.69) is 4.98 Å². The molecule has 1 aromatic heterocycles. The summed E-state index contributed by atoms with van der Waals surface area (Å²) in [5, 5.41) is 0. The minimum absolute atomic E-state index is 0.273. The van der Waals surface area contributed by atoms with Gasteiger partial charge in [0.25, 0.3) is 0 Å². The first-order valence-corrected chi connectivity index (χ1v) is 7.48. The van der Waals surface area contributed by atoms with E-state index in [0.29, 0.717) is 17.9 Å². The lowest BCUT2D eigenvalue weighted by atomic mass is 10.2. The number of aromatic nitrogens is 1. The van der Waals surface area contributed by atoms with Crippen molar-refractivity contribution in [3.63, 3.8) is 0 Å². The van der Waals surface area contributed by atoms with E-state index in [1.54, 1.807) is 12.1 Å². The van der Waals surface area contributed by atoms with Crippen LogP contribution in [-0.4, -0.2) is 17.6 Å². The van der Waals surface area contributed by atoms with Crippen molar-refractivity contribution in [2.45, 2.75) is 13.3 Å². The Morgan fingerprint density at radius 1 is 1.04 bits per heavy atom. The molecule has 0 spiro atoms. The minimum atomic E-state index is -0.324. The normalized spacial score (nSPS) is 10.5. The minimum Gasteiger partial charge on any atom is -0.462 e. The van der Waals surface area contributed by atoms with Gasteiger partial charge in [0.2, 0.25) is 5.89 Å². The van der Waals surface area contributed by atoms with Gasteiger partial charge in [0.1, 0.15) is 5.76 Å². The number of oxazole rings is 1. The van der Waals surface area contributed by atoms with Crippen LogP contribution >= 0.6 is 0 Å². The molecule has 0 saturated carbocycles. The lowest BCUT2D eigenvalue weighted by molar-refractivity contribution is 0.0508. The van der Waals surface area contributed by atoms with E-state index in [1.165, 1.54) is 0 Å². The third-order valence-electron chi connectivity index (χ3n) is 3.49. The van der Waals surface area contributed by atoms with Gasteiger partial charge in [0.05, 0.1) is 17.9 Å². The van der Waals surface area contributed by atoms with Crippen LogP contribution in [0.5, 0.6) is 0 Å². The number of benzene rings is 2. The van der Waals surface area contributed by atoms with Crippen molar-refractivity contribution in [1.29, 1.82) is 0 Å². The summed E-state index contributed by atoms with van der Waals surface area (Å²) >= 11 is 0. The van der Waals surface area contributed by atoms with Gasteiger partial charge in [0.15, 0.2) is 0 Å². The van der Waals surface area contributed by atoms with Gasteiger partial charge >= 0.3 is 5.97 Å². The summed E-state index contributed by atoms with van der Waals surface area (Å²) in [6.45, 7) is 2.14. The van der Waals surface area contributed by atoms with Gasteiger partial charge in [0, 0.05) is 12.0 Å². The molecule has 0 atom stereocenters. The number of carbonyl (C=O) groups is 1. The summed E-state index contributed by atoms with van der Waals surface area (Å²) in [6.07, 6.45) is 0.529. The van der Waals surface area contributed by atoms with Gasteiger partial charge in [-0.05, 0) is 31.2 Å². The molecular weight excluding hydrogens is 290 g/mol. The first kappa shape index (κ1) is 15.0. The Balaban J connectivity index is 1.61. The molecule has 1 heterocycles. The molecule has 0 radical (unpaired) electrons. The number of hydrogen-bond acceptors (Lipinski definition) is 4. The standard InChI is InChI=1S/C19H17NO3/c1-14-17(20-18(23-14)15-8-4-2-5-9-15)12-13-22-19(21)16-10-6-3-7-11-16/h2-11H,12-13H2,1H3. The average Bonchev–Trinajstić information content (AvgIpc) is 2.97. The highest BCUT2D eigenvalue weighted by atomic mass is 16.5. The summed E-state index contributed by atoms with van der Waals surface area (Å²) < 4.78 is 11.0. The van der Waals surface area contributed by atoms with Crippen LogP contribution in [0.3, 0.4) is 0 Å². The first-order valence-electron chi connectivity index (χ1n) is 7.48. The van der Waals surface area contributed by atoms with Crippen LogP contribution in [-0.2, 0) is 11.2 Å². The molecule has 4 heteroatoms. The Morgan fingerprint density at radius 2 is 1.70 bits per heavy atom. The molecule has 0 amide bonds. The van der Waals surface area contributed by atoms with Crippen LogP contribution < -0.4 is 0 Å². The Morgan fingerprint density at radius 3 is 2.39 bits per heavy atom. The Kier molecular flexibility index (Phi) is 4.52. The molecule has 0 fully saturated rings. The van der Waals surface area contributed by atoms with Gasteiger partial charge in [-0.2, -0.15) is 0 Å². The third-order valence-corrected chi connectivity index (χ3v) is 3.49. The van der Waals surface area contributed by atoms with Gasteiger partial charge in [-0.15, -0.1) is 0 Å². The smallest absolute Gasteiger partial charge is 0.338 e. The summed E-state index contributed by atoms with van der Waals surface area (Å²) in [5.74, 6) is 1.02. The maximum absolute atomic E-state index is 11.9. The lowest BCUT2D eigenvalue weighted by Gasteiger charge is -2.03. The average molecular weight is 307 g/mol. The van der Waals surface area contributed by atoms with E-state index in [0.717, 1.165) is 17.0 Å². The SMILES string of the molecule is Cc1oc(-c2ccccc2)nc1CCOC(=O)c1ccccc1. The van der Waals surface area contributed by atoms with Crippen LogP contribution in [0.1, 0.15) is 21.8 Å². The van der Waals surface area contributed by atoms with Crippen molar-refractivity contribution in [2.24, 2.45) is 0 Å². The molecule has 4 nitrogen and oxygen atoms in total. The number of hydrogen-bond donors (Lipinski definition) is 0. The number of ether oxygens (including phenoxy) is 1. The summed E-state index contributed by atoms with van der Waals surface area (Å²) in [5.41, 5.74) is 2.29. The molecule has 0 N–H and O–H groups in total. The van der Waals surface area contributed by atoms with Crippen molar-refractivity contribution in [3.05, 3.63) is 77.7 Å². The quantitative estimate of drug-likeness (QED) is 0.667. The van der Waals surface area contributed by atoms with Crippen LogP contribution in [0.4, 0.5) is 0 Å². The second-order valence-electron chi connectivity index (χ2n) is 5.14. The fourth-order valence-electron chi connectivity index (χ4n) is 2.26. The number of esters is 1. The van der Waals surface area contributed by atoms with Crippen molar-refractivity contribution in [2.75, 3.05) is 6.61 Å². The highest BCUT2D eigenvalue weighted by Gasteiger charge is 2.12. The monoisotopic (exact) mass is 307 g/mol. The number of aryl methyl sites for hydroxylation is 1. The molecule has 3 rings (SSSR count). The summed E-state index contributed by atoms with van der Waals surface area (Å²) in [7, 11) is 0. The Hall–Kier alpha value is -2.88. The van der Waals surface area contributed by atoms with E-state index in [-0.39, 0.29) is 12.6 Å². The maximum Gasteiger partial charge on any atom is 0.338 e. The summed E-state index contributed by atoms with van der Waals surface area (Å²) in [6, 6.07) is 18.7. The topological polar surface area (TPSA) is 52.3 Å². The molecule has 23 heavy (non-hydrogen) atoms. The predicted octanol–water partition coefficient (Wildman–Crippen LogP) is 4.05. The van der Waals surface area contributed by atoms with Gasteiger partial charge in [-0.3, -0.25) is 0 Å². The fraction of sp³-hybridized carbons (Fsp3) is 0.158. The molecule has 0 aliphatic heterocycles. The van der Waals surface area contributed by atoms with Gasteiger partial charge in [-0.25, -0.2) is 9.78 Å². The molecule has 0 aliphatic carbocycles. The van der Waals surface area contributed by atoms with Crippen LogP contribution in [0, 0.1) is 6.92 Å². The second kappa shape index (κ2) is 6.92. The van der Waals surface area contributed by atoms with E-state index in [9.17, 15) is 4.79 Å². The highest BCUT2D eigenvalue weighted by molar-refractivity contribution is 5.89. The zero-order valence-electron chi connectivity index (χ0n) is 12.9. The zero-order valence-corrected chi connectivity index (χ0v) is 12.9. The van der Waals surface area contributed by atoms with Crippen molar-refractivity contribution < 1.29 is 13.9 Å². The number of nitrogens with zero attached hydrogens (tertiary/aromatic N) is 1. The maximum atomic E-state index is 11.9. The molecule has 3 aromatic rings. The molecular formula is C19H17NO3. The van der Waals surface area contributed by atoms with E-state index in [1.807, 2.05) is 55.5 Å². The van der Waals surface area contributed by atoms with Crippen LogP contribution in [0.25, 0.3) is 11.5 Å². The predicted molar refractivity (Wildman–Crippen MR) is 87.1 cm³/mol. The molecule has 0 aliphatic rings. The van der Waals surface area contributed by atoms with E-state index in [4.69, 9.17) is 9.15 Å². The van der Waals surface area contributed by atoms with Crippen molar-refractivity contribution in [1.82, 2.24) is 4.98 Å². The number of carbonyl (C=O) groups excluding carboxylic acids is 1. The van der Waals surface area contributed by atoms with Gasteiger partial charge < -0.3 is 9.15 Å². The molecule has 116 valence electrons. The van der Waals surface area contributed by atoms with Crippen LogP contribution in [0.2, 0.25) is 0 Å². The van der Waals surface area contributed by atoms with E-state index >= 15 is 0 Å². The lowest BCUT2D eigenvalue weighted by Crippen LogP contribution is -2.08. The van der Waals surface area contributed by atoms with E-state index < -0.39 is 0 Å².